The molecule has 4 fully saturated rings. The number of carbonyl (C=O) groups excluding carboxylic acids is 1. The van der Waals surface area contributed by atoms with Gasteiger partial charge in [-0.25, -0.2) is 0 Å². The van der Waals surface area contributed by atoms with Crippen LogP contribution in [0.3, 0.4) is 0 Å². The Morgan fingerprint density at radius 2 is 1.73 bits per heavy atom. The number of fused-ring (bicyclic) bond motifs is 2. The van der Waals surface area contributed by atoms with Crippen LogP contribution in [0.25, 0.3) is 0 Å². The van der Waals surface area contributed by atoms with E-state index in [4.69, 9.17) is 13.7 Å². The highest BCUT2D eigenvalue weighted by Gasteiger charge is 2.66. The third-order valence-electron chi connectivity index (χ3n) is 8.86. The van der Waals surface area contributed by atoms with Crippen LogP contribution in [0, 0.1) is 28.6 Å². The molecule has 3 aliphatic carbocycles. The molecular formula is C22H36O7S. The molecule has 8 heteroatoms. The summed E-state index contributed by atoms with van der Waals surface area (Å²) in [6.07, 6.45) is 6.27. The van der Waals surface area contributed by atoms with Crippen LogP contribution in [-0.4, -0.2) is 57.3 Å². The summed E-state index contributed by atoms with van der Waals surface area (Å²) < 4.78 is 40.6. The standard InChI is InChI=1S/C22H36O7S/c1-20(8-4-15(23)14-19(20)24)17-5-9-21(2)18(6-10-22(21)27-12-13-28-22)16(17)7-11-29-30(3,25)26/h15-18,23H,4-14H2,1-3H3/t15-,16+,17?,18?,20+,21-/m0/s1. The lowest BCUT2D eigenvalue weighted by molar-refractivity contribution is -0.242. The monoisotopic (exact) mass is 444 g/mol. The van der Waals surface area contributed by atoms with E-state index in [9.17, 15) is 18.3 Å². The molecule has 6 atom stereocenters. The molecule has 1 N–H and O–H groups in total. The van der Waals surface area contributed by atoms with Gasteiger partial charge in [0, 0.05) is 23.7 Å². The molecule has 7 nitrogen and oxygen atoms in total. The van der Waals surface area contributed by atoms with Crippen LogP contribution in [-0.2, 0) is 28.6 Å². The Balaban J connectivity index is 1.63. The molecule has 1 aliphatic heterocycles. The third-order valence-corrected chi connectivity index (χ3v) is 9.45. The topological polar surface area (TPSA) is 99.1 Å². The van der Waals surface area contributed by atoms with Crippen molar-refractivity contribution >= 4 is 15.9 Å². The Bertz CT molecular complexity index is 774. The first kappa shape index (κ1) is 22.6. The molecule has 1 saturated heterocycles. The Morgan fingerprint density at radius 3 is 2.37 bits per heavy atom. The number of hydrogen-bond acceptors (Lipinski definition) is 7. The van der Waals surface area contributed by atoms with Gasteiger partial charge in [0.25, 0.3) is 10.1 Å². The second-order valence-corrected chi connectivity index (χ2v) is 12.0. The SMILES string of the molecule is C[C@]1(C2CC[C@@]3(C)C(CCC34OCCO4)[C@@H]2CCOS(C)(=O)=O)CC[C@H](O)CC1=O. The van der Waals surface area contributed by atoms with Crippen molar-refractivity contribution in [3.63, 3.8) is 0 Å². The second kappa shape index (κ2) is 7.80. The molecule has 1 heterocycles. The molecule has 0 radical (unpaired) electrons. The average Bonchev–Trinajstić information content (AvgIpc) is 3.24. The van der Waals surface area contributed by atoms with Crippen LogP contribution in [0.15, 0.2) is 0 Å². The number of Topliss-reactive ketones (excluding diaryl/α,β-unsaturated/α-hetero) is 1. The molecule has 4 rings (SSSR count). The number of rotatable bonds is 5. The molecule has 0 aromatic heterocycles. The second-order valence-electron chi connectivity index (χ2n) is 10.4. The van der Waals surface area contributed by atoms with Crippen LogP contribution in [0.2, 0.25) is 0 Å². The van der Waals surface area contributed by atoms with E-state index in [1.807, 2.05) is 0 Å². The van der Waals surface area contributed by atoms with Gasteiger partial charge in [-0.1, -0.05) is 13.8 Å². The first-order chi connectivity index (χ1) is 14.0. The van der Waals surface area contributed by atoms with Gasteiger partial charge in [-0.3, -0.25) is 8.98 Å². The fourth-order valence-corrected chi connectivity index (χ4v) is 7.65. The summed E-state index contributed by atoms with van der Waals surface area (Å²) in [5.74, 6) is 0.183. The van der Waals surface area contributed by atoms with Crippen molar-refractivity contribution < 1.29 is 32.0 Å². The summed E-state index contributed by atoms with van der Waals surface area (Å²) in [7, 11) is -3.51. The Labute approximate surface area is 180 Å². The van der Waals surface area contributed by atoms with Crippen LogP contribution in [0.4, 0.5) is 0 Å². The van der Waals surface area contributed by atoms with Crippen LogP contribution in [0.5, 0.6) is 0 Å². The minimum atomic E-state index is -3.51. The van der Waals surface area contributed by atoms with E-state index in [0.717, 1.165) is 31.9 Å². The van der Waals surface area contributed by atoms with E-state index in [-0.39, 0.29) is 42.0 Å². The van der Waals surface area contributed by atoms with Crippen molar-refractivity contribution in [2.75, 3.05) is 26.1 Å². The average molecular weight is 445 g/mol. The van der Waals surface area contributed by atoms with Crippen molar-refractivity contribution in [2.24, 2.45) is 28.6 Å². The van der Waals surface area contributed by atoms with Crippen molar-refractivity contribution in [3.8, 4) is 0 Å². The van der Waals surface area contributed by atoms with Crippen molar-refractivity contribution in [3.05, 3.63) is 0 Å². The van der Waals surface area contributed by atoms with E-state index >= 15 is 0 Å². The van der Waals surface area contributed by atoms with Crippen LogP contribution in [0.1, 0.15) is 65.2 Å². The summed E-state index contributed by atoms with van der Waals surface area (Å²) >= 11 is 0. The lowest BCUT2D eigenvalue weighted by Gasteiger charge is -2.55. The number of carbonyl (C=O) groups is 1. The lowest BCUT2D eigenvalue weighted by Crippen LogP contribution is -2.55. The minimum Gasteiger partial charge on any atom is -0.393 e. The van der Waals surface area contributed by atoms with Gasteiger partial charge in [-0.05, 0) is 56.3 Å². The Morgan fingerprint density at radius 1 is 1.07 bits per heavy atom. The van der Waals surface area contributed by atoms with Gasteiger partial charge in [-0.2, -0.15) is 8.42 Å². The van der Waals surface area contributed by atoms with Crippen LogP contribution < -0.4 is 0 Å². The van der Waals surface area contributed by atoms with E-state index < -0.39 is 27.4 Å². The van der Waals surface area contributed by atoms with Gasteiger partial charge < -0.3 is 14.6 Å². The number of aliphatic hydroxyl groups is 1. The number of ether oxygens (including phenoxy) is 2. The third kappa shape index (κ3) is 3.66. The maximum Gasteiger partial charge on any atom is 0.264 e. The lowest BCUT2D eigenvalue weighted by atomic mass is 9.50. The quantitative estimate of drug-likeness (QED) is 0.651. The molecule has 3 saturated carbocycles. The van der Waals surface area contributed by atoms with Crippen molar-refractivity contribution in [1.82, 2.24) is 0 Å². The highest BCUT2D eigenvalue weighted by molar-refractivity contribution is 7.85. The zero-order chi connectivity index (χ0) is 21.8. The summed E-state index contributed by atoms with van der Waals surface area (Å²) in [6, 6.07) is 0. The predicted octanol–water partition coefficient (Wildman–Crippen LogP) is 2.66. The summed E-state index contributed by atoms with van der Waals surface area (Å²) in [5, 5.41) is 10.00. The van der Waals surface area contributed by atoms with E-state index in [1.54, 1.807) is 0 Å². The Hall–Kier alpha value is -0.540. The summed E-state index contributed by atoms with van der Waals surface area (Å²) in [5.41, 5.74) is -0.632. The highest BCUT2D eigenvalue weighted by Crippen LogP contribution is 2.66. The first-order valence-electron chi connectivity index (χ1n) is 11.3. The van der Waals surface area contributed by atoms with E-state index in [2.05, 4.69) is 13.8 Å². The van der Waals surface area contributed by atoms with Crippen LogP contribution >= 0.6 is 0 Å². The maximum absolute atomic E-state index is 13.1. The zero-order valence-electron chi connectivity index (χ0n) is 18.4. The molecule has 172 valence electrons. The normalized spacial score (nSPS) is 43.8. The predicted molar refractivity (Wildman–Crippen MR) is 110 cm³/mol. The van der Waals surface area contributed by atoms with Gasteiger partial charge in [0.2, 0.25) is 0 Å². The molecule has 0 aromatic rings. The van der Waals surface area contributed by atoms with E-state index in [1.165, 1.54) is 0 Å². The minimum absolute atomic E-state index is 0.133. The highest BCUT2D eigenvalue weighted by atomic mass is 32.2. The largest absolute Gasteiger partial charge is 0.393 e. The van der Waals surface area contributed by atoms with Gasteiger partial charge in [0.15, 0.2) is 5.79 Å². The first-order valence-corrected chi connectivity index (χ1v) is 13.2. The number of aliphatic hydroxyl groups excluding tert-OH is 1. The number of ketones is 1. The number of hydrogen-bond donors (Lipinski definition) is 1. The molecule has 0 amide bonds. The molecule has 30 heavy (non-hydrogen) atoms. The molecule has 1 spiro atoms. The Kier molecular flexibility index (Phi) is 5.89. The molecular weight excluding hydrogens is 408 g/mol. The molecule has 2 unspecified atom stereocenters. The van der Waals surface area contributed by atoms with Crippen molar-refractivity contribution in [2.45, 2.75) is 77.1 Å². The smallest absolute Gasteiger partial charge is 0.264 e. The van der Waals surface area contributed by atoms with Crippen molar-refractivity contribution in [1.29, 1.82) is 0 Å². The fraction of sp³-hybridized carbons (Fsp3) is 0.955. The molecule has 0 aromatic carbocycles. The van der Waals surface area contributed by atoms with E-state index in [0.29, 0.717) is 32.5 Å². The molecule has 4 aliphatic rings. The maximum atomic E-state index is 13.1. The fourth-order valence-electron chi connectivity index (χ4n) is 7.25. The van der Waals surface area contributed by atoms with Gasteiger partial charge >= 0.3 is 0 Å². The van der Waals surface area contributed by atoms with Gasteiger partial charge in [-0.15, -0.1) is 0 Å². The summed E-state index contributed by atoms with van der Waals surface area (Å²) in [4.78, 5) is 13.1. The van der Waals surface area contributed by atoms with Gasteiger partial charge in [0.05, 0.1) is 32.2 Å². The molecule has 0 bridgehead atoms. The van der Waals surface area contributed by atoms with Gasteiger partial charge in [0.1, 0.15) is 5.78 Å². The summed E-state index contributed by atoms with van der Waals surface area (Å²) in [6.45, 7) is 5.68. The zero-order valence-corrected chi connectivity index (χ0v) is 19.2.